The molecule has 2 unspecified atom stereocenters. The van der Waals surface area contributed by atoms with Gasteiger partial charge in [-0.1, -0.05) is 43.1 Å². The van der Waals surface area contributed by atoms with Gasteiger partial charge in [-0.2, -0.15) is 0 Å². The Morgan fingerprint density at radius 1 is 1.08 bits per heavy atom. The fraction of sp³-hybridized carbons (Fsp3) is 0.471. The second kappa shape index (κ2) is 5.20. The summed E-state index contributed by atoms with van der Waals surface area (Å²) in [4.78, 5) is 37.9. The normalized spacial score (nSPS) is 30.9. The van der Waals surface area contributed by atoms with E-state index >= 15 is 0 Å². The van der Waals surface area contributed by atoms with Gasteiger partial charge in [0, 0.05) is 5.41 Å². The minimum Gasteiger partial charge on any atom is -0.392 e. The van der Waals surface area contributed by atoms with Crippen LogP contribution in [-0.2, 0) is 19.1 Å². The van der Waals surface area contributed by atoms with Crippen molar-refractivity contribution in [2.24, 2.45) is 16.2 Å². The van der Waals surface area contributed by atoms with Gasteiger partial charge >= 0.3 is 11.9 Å². The number of hydrogen-bond donors (Lipinski definition) is 1. The molecule has 1 aromatic carbocycles. The van der Waals surface area contributed by atoms with E-state index in [2.05, 4.69) is 5.32 Å². The van der Waals surface area contributed by atoms with Crippen molar-refractivity contribution in [1.82, 2.24) is 0 Å². The molecule has 24 heavy (non-hydrogen) atoms. The largest absolute Gasteiger partial charge is 0.392 e. The molecule has 0 aromatic heterocycles. The topological polar surface area (TPSA) is 72.5 Å². The number of carbonyl (C=O) groups excluding carboxylic acids is 3. The van der Waals surface area contributed by atoms with Crippen molar-refractivity contribution < 1.29 is 19.1 Å². The highest BCUT2D eigenvalue weighted by atomic mass is 35.5. The number of benzene rings is 1. The van der Waals surface area contributed by atoms with Gasteiger partial charge in [0.1, 0.15) is 0 Å². The van der Waals surface area contributed by atoms with Gasteiger partial charge in [-0.15, -0.1) is 0 Å². The molecule has 1 aliphatic heterocycles. The first-order valence-electron chi connectivity index (χ1n) is 7.60. The Labute approximate surface area is 149 Å². The quantitative estimate of drug-likeness (QED) is 0.635. The Kier molecular flexibility index (Phi) is 3.74. The van der Waals surface area contributed by atoms with Crippen molar-refractivity contribution >= 4 is 46.7 Å². The molecule has 128 valence electrons. The van der Waals surface area contributed by atoms with E-state index in [1.807, 2.05) is 0 Å². The Morgan fingerprint density at radius 2 is 1.67 bits per heavy atom. The van der Waals surface area contributed by atoms with Gasteiger partial charge in [-0.25, -0.2) is 0 Å². The van der Waals surface area contributed by atoms with Crippen molar-refractivity contribution in [3.8, 4) is 0 Å². The van der Waals surface area contributed by atoms with E-state index in [0.29, 0.717) is 6.42 Å². The van der Waals surface area contributed by atoms with Crippen LogP contribution in [0.2, 0.25) is 10.0 Å². The molecule has 1 saturated heterocycles. The minimum atomic E-state index is -1.46. The first kappa shape index (κ1) is 17.2. The van der Waals surface area contributed by atoms with Crippen LogP contribution < -0.4 is 5.32 Å². The third-order valence-corrected chi connectivity index (χ3v) is 6.65. The van der Waals surface area contributed by atoms with Gasteiger partial charge < -0.3 is 10.1 Å². The third kappa shape index (κ3) is 1.91. The number of carbonyl (C=O) groups is 3. The smallest absolute Gasteiger partial charge is 0.329 e. The van der Waals surface area contributed by atoms with Crippen molar-refractivity contribution in [1.29, 1.82) is 0 Å². The summed E-state index contributed by atoms with van der Waals surface area (Å²) in [7, 11) is 0. The third-order valence-electron chi connectivity index (χ3n) is 6.02. The molecule has 2 aliphatic rings. The van der Waals surface area contributed by atoms with Crippen LogP contribution >= 0.6 is 23.2 Å². The Morgan fingerprint density at radius 3 is 2.25 bits per heavy atom. The number of esters is 2. The minimum absolute atomic E-state index is 0.231. The van der Waals surface area contributed by atoms with Crippen LogP contribution in [-0.4, -0.2) is 17.8 Å². The number of halogens is 2. The highest BCUT2D eigenvalue weighted by Crippen LogP contribution is 2.66. The molecule has 1 N–H and O–H groups in total. The molecule has 1 aliphatic carbocycles. The monoisotopic (exact) mass is 369 g/mol. The number of ether oxygens (including phenoxy) is 1. The first-order valence-corrected chi connectivity index (χ1v) is 8.36. The van der Waals surface area contributed by atoms with Crippen LogP contribution in [0.15, 0.2) is 18.2 Å². The predicted molar refractivity (Wildman–Crippen MR) is 89.7 cm³/mol. The average Bonchev–Trinajstić information content (AvgIpc) is 2.64. The van der Waals surface area contributed by atoms with Gasteiger partial charge in [0.05, 0.1) is 21.1 Å². The zero-order chi connectivity index (χ0) is 17.9. The van der Waals surface area contributed by atoms with Crippen molar-refractivity contribution in [2.75, 3.05) is 5.32 Å². The van der Waals surface area contributed by atoms with E-state index in [1.54, 1.807) is 39.0 Å². The molecule has 0 radical (unpaired) electrons. The molecule has 2 atom stereocenters. The summed E-state index contributed by atoms with van der Waals surface area (Å²) < 4.78 is 4.93. The standard InChI is InChI=1S/C17H17Cl2NO4/c1-15(2)16(3)7-8-17(15,14(23)24-13(16)22)12(21)20-11-9(18)5-4-6-10(11)19/h4-6H,7-8H2,1-3H3,(H,20,21). The molecule has 2 bridgehead atoms. The van der Waals surface area contributed by atoms with Crippen LogP contribution in [0.25, 0.3) is 0 Å². The number of amides is 1. The summed E-state index contributed by atoms with van der Waals surface area (Å²) in [6.07, 6.45) is 0.628. The summed E-state index contributed by atoms with van der Waals surface area (Å²) >= 11 is 12.2. The fourth-order valence-corrected chi connectivity index (χ4v) is 4.35. The highest BCUT2D eigenvalue weighted by Gasteiger charge is 2.75. The lowest BCUT2D eigenvalue weighted by Gasteiger charge is -2.48. The summed E-state index contributed by atoms with van der Waals surface area (Å²) in [6.45, 7) is 5.25. The van der Waals surface area contributed by atoms with Crippen LogP contribution in [0, 0.1) is 16.2 Å². The number of rotatable bonds is 2. The van der Waals surface area contributed by atoms with E-state index < -0.39 is 34.1 Å². The number of para-hydroxylation sites is 1. The van der Waals surface area contributed by atoms with Gasteiger partial charge in [-0.05, 0) is 31.9 Å². The zero-order valence-corrected chi connectivity index (χ0v) is 15.0. The van der Waals surface area contributed by atoms with E-state index in [4.69, 9.17) is 27.9 Å². The van der Waals surface area contributed by atoms with Gasteiger partial charge in [0.15, 0.2) is 5.41 Å². The lowest BCUT2D eigenvalue weighted by atomic mass is 9.57. The maximum atomic E-state index is 13.1. The maximum Gasteiger partial charge on any atom is 0.329 e. The van der Waals surface area contributed by atoms with E-state index in [0.717, 1.165) is 0 Å². The maximum absolute atomic E-state index is 13.1. The number of nitrogens with one attached hydrogen (secondary N) is 1. The van der Waals surface area contributed by atoms with Crippen molar-refractivity contribution in [2.45, 2.75) is 33.6 Å². The number of hydrogen-bond acceptors (Lipinski definition) is 4. The highest BCUT2D eigenvalue weighted by molar-refractivity contribution is 6.40. The molecular formula is C17H17Cl2NO4. The molecule has 1 heterocycles. The molecule has 5 nitrogen and oxygen atoms in total. The van der Waals surface area contributed by atoms with Gasteiger partial charge in [0.25, 0.3) is 0 Å². The molecule has 2 fully saturated rings. The van der Waals surface area contributed by atoms with Gasteiger partial charge in [-0.3, -0.25) is 14.4 Å². The molecule has 1 amide bonds. The van der Waals surface area contributed by atoms with Crippen LogP contribution in [0.4, 0.5) is 5.69 Å². The average molecular weight is 370 g/mol. The summed E-state index contributed by atoms with van der Waals surface area (Å²) in [5.41, 5.74) is -3.01. The second-order valence-electron chi connectivity index (χ2n) is 7.09. The van der Waals surface area contributed by atoms with Gasteiger partial charge in [0.2, 0.25) is 5.91 Å². The number of fused-ring (bicyclic) bond motifs is 2. The molecule has 0 spiro atoms. The molecule has 7 heteroatoms. The van der Waals surface area contributed by atoms with E-state index in [-0.39, 0.29) is 22.2 Å². The van der Waals surface area contributed by atoms with Crippen LogP contribution in [0.3, 0.4) is 0 Å². The fourth-order valence-electron chi connectivity index (χ4n) is 3.86. The van der Waals surface area contributed by atoms with E-state index in [1.165, 1.54) is 0 Å². The number of cyclic esters (lactones) is 2. The predicted octanol–water partition coefficient (Wildman–Crippen LogP) is 3.83. The van der Waals surface area contributed by atoms with Crippen molar-refractivity contribution in [3.05, 3.63) is 28.2 Å². The summed E-state index contributed by atoms with van der Waals surface area (Å²) in [6, 6.07) is 4.84. The SMILES string of the molecule is CC12CCC(C(=O)Nc3c(Cl)cccc3Cl)(C(=O)OC1=O)C2(C)C. The zero-order valence-electron chi connectivity index (χ0n) is 13.5. The van der Waals surface area contributed by atoms with Crippen LogP contribution in [0.5, 0.6) is 0 Å². The summed E-state index contributed by atoms with van der Waals surface area (Å²) in [5.74, 6) is -1.94. The summed E-state index contributed by atoms with van der Waals surface area (Å²) in [5, 5.41) is 3.21. The lowest BCUT2D eigenvalue weighted by molar-refractivity contribution is -0.195. The molecule has 1 saturated carbocycles. The Balaban J connectivity index is 2.06. The molecular weight excluding hydrogens is 353 g/mol. The number of anilines is 1. The van der Waals surface area contributed by atoms with Crippen LogP contribution in [0.1, 0.15) is 33.6 Å². The molecule has 1 aromatic rings. The molecule has 3 rings (SSSR count). The Bertz CT molecular complexity index is 756. The van der Waals surface area contributed by atoms with E-state index in [9.17, 15) is 14.4 Å². The van der Waals surface area contributed by atoms with Crippen molar-refractivity contribution in [3.63, 3.8) is 0 Å². The second-order valence-corrected chi connectivity index (χ2v) is 7.90. The lowest BCUT2D eigenvalue weighted by Crippen LogP contribution is -2.61. The first-order chi connectivity index (χ1) is 11.1. The Hall–Kier alpha value is -1.59.